The number of carboxylic acid groups (broad SMARTS) is 2. The molecule has 0 spiro atoms. The molecule has 2 heterocycles. The second kappa shape index (κ2) is 10.7. The number of rotatable bonds is 6. The summed E-state index contributed by atoms with van der Waals surface area (Å²) in [5, 5.41) is 30.0. The number of carbonyl (C=O) groups is 2. The van der Waals surface area contributed by atoms with Crippen LogP contribution in [0.25, 0.3) is 11.0 Å². The summed E-state index contributed by atoms with van der Waals surface area (Å²) in [5.74, 6) is -2.58. The molecule has 8 nitrogen and oxygen atoms in total. The largest absolute Gasteiger partial charge is 0.478 e. The standard InChI is InChI=1S/C16H21FN2O2.C4H4O4/c1-11(10-20)9-19-7-3-2-4-14(19)16-13-6-5-12(17)8-15(13)21-18-16;5-3(6)1-2-4(7)8/h5-6,8,11,14,20H,2-4,7,9-10H2,1H3;1-2H,(H,5,6)(H,7,8)/t11-,14?;/m1./s1. The molecule has 3 rings (SSSR count). The molecule has 29 heavy (non-hydrogen) atoms. The molecule has 9 heteroatoms. The third kappa shape index (κ3) is 6.65. The molecular weight excluding hydrogens is 383 g/mol. The van der Waals surface area contributed by atoms with Crippen molar-refractivity contribution in [3.05, 3.63) is 41.9 Å². The van der Waals surface area contributed by atoms with E-state index in [2.05, 4.69) is 10.1 Å². The van der Waals surface area contributed by atoms with Crippen molar-refractivity contribution in [1.82, 2.24) is 10.1 Å². The van der Waals surface area contributed by atoms with E-state index in [0.29, 0.717) is 17.7 Å². The van der Waals surface area contributed by atoms with Crippen LogP contribution < -0.4 is 0 Å². The van der Waals surface area contributed by atoms with Crippen LogP contribution in [0.15, 0.2) is 34.9 Å². The maximum absolute atomic E-state index is 13.3. The molecule has 0 amide bonds. The van der Waals surface area contributed by atoms with Crippen LogP contribution in [-0.4, -0.2) is 57.0 Å². The first-order valence-corrected chi connectivity index (χ1v) is 9.35. The second-order valence-electron chi connectivity index (χ2n) is 7.01. The van der Waals surface area contributed by atoms with E-state index in [1.54, 1.807) is 6.07 Å². The zero-order valence-electron chi connectivity index (χ0n) is 16.1. The van der Waals surface area contributed by atoms with Gasteiger partial charge in [-0.3, -0.25) is 4.90 Å². The summed E-state index contributed by atoms with van der Waals surface area (Å²) < 4.78 is 18.6. The second-order valence-corrected chi connectivity index (χ2v) is 7.01. The molecule has 0 radical (unpaired) electrons. The van der Waals surface area contributed by atoms with Gasteiger partial charge in [-0.15, -0.1) is 0 Å². The average molecular weight is 408 g/mol. The van der Waals surface area contributed by atoms with Crippen LogP contribution in [0.1, 0.15) is 37.9 Å². The number of likely N-dealkylation sites (tertiary alicyclic amines) is 1. The van der Waals surface area contributed by atoms with E-state index in [1.807, 2.05) is 6.92 Å². The van der Waals surface area contributed by atoms with Crippen molar-refractivity contribution < 1.29 is 33.8 Å². The van der Waals surface area contributed by atoms with Crippen molar-refractivity contribution >= 4 is 22.9 Å². The van der Waals surface area contributed by atoms with Gasteiger partial charge in [0.25, 0.3) is 0 Å². The molecule has 2 atom stereocenters. The van der Waals surface area contributed by atoms with E-state index in [-0.39, 0.29) is 24.4 Å². The van der Waals surface area contributed by atoms with Crippen molar-refractivity contribution in [2.45, 2.75) is 32.2 Å². The van der Waals surface area contributed by atoms with Crippen molar-refractivity contribution in [2.24, 2.45) is 5.92 Å². The minimum atomic E-state index is -1.26. The predicted molar refractivity (Wildman–Crippen MR) is 103 cm³/mol. The van der Waals surface area contributed by atoms with Gasteiger partial charge in [-0.1, -0.05) is 18.5 Å². The van der Waals surface area contributed by atoms with Crippen molar-refractivity contribution in [3.8, 4) is 0 Å². The Bertz CT molecular complexity index is 850. The number of hydrogen-bond acceptors (Lipinski definition) is 6. The predicted octanol–water partition coefficient (Wildman–Crippen LogP) is 2.83. The monoisotopic (exact) mass is 408 g/mol. The van der Waals surface area contributed by atoms with Crippen LogP contribution in [0, 0.1) is 11.7 Å². The van der Waals surface area contributed by atoms with Gasteiger partial charge in [0.05, 0.1) is 6.04 Å². The van der Waals surface area contributed by atoms with Crippen LogP contribution in [0.3, 0.4) is 0 Å². The molecule has 1 aliphatic heterocycles. The van der Waals surface area contributed by atoms with Gasteiger partial charge in [-0.25, -0.2) is 14.0 Å². The highest BCUT2D eigenvalue weighted by Crippen LogP contribution is 2.35. The molecule has 1 unspecified atom stereocenters. The van der Waals surface area contributed by atoms with Gasteiger partial charge >= 0.3 is 11.9 Å². The first-order chi connectivity index (χ1) is 13.8. The van der Waals surface area contributed by atoms with E-state index < -0.39 is 11.9 Å². The number of hydrogen-bond donors (Lipinski definition) is 3. The molecule has 1 aromatic heterocycles. The maximum atomic E-state index is 13.3. The Hall–Kier alpha value is -2.78. The summed E-state index contributed by atoms with van der Waals surface area (Å²) in [6.45, 7) is 4.08. The number of nitrogens with zero attached hydrogens (tertiary/aromatic N) is 2. The van der Waals surface area contributed by atoms with Crippen molar-refractivity contribution in [2.75, 3.05) is 19.7 Å². The Labute approximate surface area is 167 Å². The lowest BCUT2D eigenvalue weighted by Gasteiger charge is -2.36. The summed E-state index contributed by atoms with van der Waals surface area (Å²) >= 11 is 0. The van der Waals surface area contributed by atoms with E-state index in [1.165, 1.54) is 18.6 Å². The van der Waals surface area contributed by atoms with E-state index in [0.717, 1.165) is 37.0 Å². The fourth-order valence-corrected chi connectivity index (χ4v) is 3.29. The third-order valence-electron chi connectivity index (χ3n) is 4.62. The number of carboxylic acids is 2. The summed E-state index contributed by atoms with van der Waals surface area (Å²) in [4.78, 5) is 21.5. The number of fused-ring (bicyclic) bond motifs is 1. The Morgan fingerprint density at radius 3 is 2.62 bits per heavy atom. The Morgan fingerprint density at radius 1 is 1.31 bits per heavy atom. The highest BCUT2D eigenvalue weighted by molar-refractivity contribution is 5.89. The highest BCUT2D eigenvalue weighted by Gasteiger charge is 2.29. The van der Waals surface area contributed by atoms with E-state index in [9.17, 15) is 19.1 Å². The molecule has 0 bridgehead atoms. The summed E-state index contributed by atoms with van der Waals surface area (Å²) in [6.07, 6.45) is 4.46. The first kappa shape index (κ1) is 22.5. The quantitative estimate of drug-likeness (QED) is 0.624. The van der Waals surface area contributed by atoms with Crippen molar-refractivity contribution in [1.29, 1.82) is 0 Å². The molecule has 3 N–H and O–H groups in total. The topological polar surface area (TPSA) is 124 Å². The number of benzene rings is 1. The van der Waals surface area contributed by atoms with Gasteiger partial charge in [-0.05, 0) is 37.4 Å². The Balaban J connectivity index is 0.000000321. The van der Waals surface area contributed by atoms with Gasteiger partial charge in [0.1, 0.15) is 11.5 Å². The fourth-order valence-electron chi connectivity index (χ4n) is 3.29. The van der Waals surface area contributed by atoms with Crippen LogP contribution in [-0.2, 0) is 9.59 Å². The molecule has 1 fully saturated rings. The molecule has 1 saturated heterocycles. The summed E-state index contributed by atoms with van der Waals surface area (Å²) in [6, 6.07) is 4.78. The number of aromatic nitrogens is 1. The SMILES string of the molecule is C[C@@H](CO)CN1CCCCC1c1noc2cc(F)ccc12.O=C(O)C=CC(=O)O. The third-order valence-corrected chi connectivity index (χ3v) is 4.62. The maximum Gasteiger partial charge on any atom is 0.328 e. The highest BCUT2D eigenvalue weighted by atomic mass is 19.1. The van der Waals surface area contributed by atoms with Crippen LogP contribution >= 0.6 is 0 Å². The van der Waals surface area contributed by atoms with Crippen LogP contribution in [0.5, 0.6) is 0 Å². The smallest absolute Gasteiger partial charge is 0.328 e. The average Bonchev–Trinajstić information content (AvgIpc) is 3.10. The number of aliphatic hydroxyl groups excluding tert-OH is 1. The lowest BCUT2D eigenvalue weighted by molar-refractivity contribution is -0.134. The van der Waals surface area contributed by atoms with Crippen LogP contribution in [0.4, 0.5) is 4.39 Å². The van der Waals surface area contributed by atoms with Gasteiger partial charge in [0.2, 0.25) is 0 Å². The first-order valence-electron chi connectivity index (χ1n) is 9.35. The number of aliphatic carboxylic acids is 2. The number of aliphatic hydroxyl groups is 1. The van der Waals surface area contributed by atoms with E-state index >= 15 is 0 Å². The molecular formula is C20H25FN2O6. The van der Waals surface area contributed by atoms with Crippen molar-refractivity contribution in [3.63, 3.8) is 0 Å². The molecule has 2 aromatic rings. The normalized spacial score (nSPS) is 18.4. The Kier molecular flexibility index (Phi) is 8.29. The molecule has 1 aliphatic rings. The van der Waals surface area contributed by atoms with Gasteiger partial charge in [0.15, 0.2) is 5.58 Å². The summed E-state index contributed by atoms with van der Waals surface area (Å²) in [7, 11) is 0. The zero-order chi connectivity index (χ0) is 21.4. The molecule has 0 saturated carbocycles. The molecule has 0 aliphatic carbocycles. The zero-order valence-corrected chi connectivity index (χ0v) is 16.1. The lowest BCUT2D eigenvalue weighted by Crippen LogP contribution is -2.37. The van der Waals surface area contributed by atoms with Gasteiger partial charge in [0, 0.05) is 36.8 Å². The lowest BCUT2D eigenvalue weighted by atomic mass is 9.96. The number of halogens is 1. The fraction of sp³-hybridized carbons (Fsp3) is 0.450. The minimum Gasteiger partial charge on any atom is -0.478 e. The van der Waals surface area contributed by atoms with Crippen LogP contribution in [0.2, 0.25) is 0 Å². The van der Waals surface area contributed by atoms with E-state index in [4.69, 9.17) is 14.7 Å². The Morgan fingerprint density at radius 2 is 2.00 bits per heavy atom. The van der Waals surface area contributed by atoms with Gasteiger partial charge < -0.3 is 19.8 Å². The number of piperidine rings is 1. The molecule has 158 valence electrons. The minimum absolute atomic E-state index is 0.188. The summed E-state index contributed by atoms with van der Waals surface area (Å²) in [5.41, 5.74) is 1.40. The van der Waals surface area contributed by atoms with Gasteiger partial charge in [-0.2, -0.15) is 0 Å². The molecule has 1 aromatic carbocycles.